The van der Waals surface area contributed by atoms with Gasteiger partial charge in [0.2, 0.25) is 5.91 Å². The number of hydrogen-bond acceptors (Lipinski definition) is 4. The number of anilines is 1. The van der Waals surface area contributed by atoms with E-state index >= 15 is 0 Å². The van der Waals surface area contributed by atoms with E-state index in [0.29, 0.717) is 13.0 Å². The Labute approximate surface area is 167 Å². The van der Waals surface area contributed by atoms with Gasteiger partial charge in [-0.2, -0.15) is 0 Å². The van der Waals surface area contributed by atoms with Gasteiger partial charge in [-0.1, -0.05) is 48.5 Å². The van der Waals surface area contributed by atoms with Crippen molar-refractivity contribution in [2.24, 2.45) is 5.73 Å². The van der Waals surface area contributed by atoms with E-state index in [2.05, 4.69) is 52.3 Å². The lowest BCUT2D eigenvalue weighted by atomic mass is 9.95. The molecule has 2 N–H and O–H groups in total. The monoisotopic (exact) mass is 378 g/mol. The van der Waals surface area contributed by atoms with Crippen molar-refractivity contribution in [3.63, 3.8) is 0 Å². The molecule has 148 valence electrons. The second-order valence-electron chi connectivity index (χ2n) is 7.89. The number of piperazine rings is 1. The lowest BCUT2D eigenvalue weighted by Gasteiger charge is -2.36. The zero-order valence-corrected chi connectivity index (χ0v) is 16.4. The van der Waals surface area contributed by atoms with Crippen molar-refractivity contribution in [3.8, 4) is 0 Å². The summed E-state index contributed by atoms with van der Waals surface area (Å²) in [7, 11) is 0. The van der Waals surface area contributed by atoms with Crippen molar-refractivity contribution in [2.45, 2.75) is 18.4 Å². The maximum atomic E-state index is 12.7. The number of rotatable bonds is 5. The molecule has 28 heavy (non-hydrogen) atoms. The first kappa shape index (κ1) is 19.0. The number of amides is 1. The van der Waals surface area contributed by atoms with Crippen LogP contribution in [0.25, 0.3) is 0 Å². The van der Waals surface area contributed by atoms with E-state index in [1.54, 1.807) is 0 Å². The highest BCUT2D eigenvalue weighted by molar-refractivity contribution is 5.77. The lowest BCUT2D eigenvalue weighted by Crippen LogP contribution is -2.47. The molecule has 2 fully saturated rings. The SMILES string of the molecule is N[C@@H]1CN(C(=O)CCN2CCN(c3ccccc3)CC2)C[C@H]1c1ccccc1. The molecule has 5 nitrogen and oxygen atoms in total. The second kappa shape index (κ2) is 8.76. The van der Waals surface area contributed by atoms with E-state index in [4.69, 9.17) is 5.73 Å². The van der Waals surface area contributed by atoms with Crippen LogP contribution in [0.1, 0.15) is 17.9 Å². The summed E-state index contributed by atoms with van der Waals surface area (Å²) in [4.78, 5) is 19.5. The van der Waals surface area contributed by atoms with Crippen LogP contribution in [0.5, 0.6) is 0 Å². The van der Waals surface area contributed by atoms with Crippen LogP contribution in [0.4, 0.5) is 5.69 Å². The molecule has 0 saturated carbocycles. The maximum absolute atomic E-state index is 12.7. The first-order valence-corrected chi connectivity index (χ1v) is 10.3. The third-order valence-electron chi connectivity index (χ3n) is 6.08. The topological polar surface area (TPSA) is 52.8 Å². The molecule has 4 rings (SSSR count). The number of para-hydroxylation sites is 1. The summed E-state index contributed by atoms with van der Waals surface area (Å²) in [6, 6.07) is 20.9. The molecule has 0 aliphatic carbocycles. The minimum absolute atomic E-state index is 0.0285. The Balaban J connectivity index is 1.23. The zero-order chi connectivity index (χ0) is 19.3. The molecule has 2 heterocycles. The van der Waals surface area contributed by atoms with Gasteiger partial charge < -0.3 is 15.5 Å². The average Bonchev–Trinajstić information content (AvgIpc) is 3.15. The average molecular weight is 379 g/mol. The van der Waals surface area contributed by atoms with Gasteiger partial charge in [0.15, 0.2) is 0 Å². The molecule has 2 aromatic rings. The molecule has 5 heteroatoms. The number of benzene rings is 2. The van der Waals surface area contributed by atoms with Gasteiger partial charge in [0.25, 0.3) is 0 Å². The number of likely N-dealkylation sites (tertiary alicyclic amines) is 1. The first-order chi connectivity index (χ1) is 13.7. The molecule has 0 unspecified atom stereocenters. The molecule has 2 atom stereocenters. The predicted octanol–water partition coefficient (Wildman–Crippen LogP) is 2.15. The summed E-state index contributed by atoms with van der Waals surface area (Å²) in [6.45, 7) is 6.30. The Morgan fingerprint density at radius 3 is 2.21 bits per heavy atom. The van der Waals surface area contributed by atoms with E-state index in [-0.39, 0.29) is 17.9 Å². The van der Waals surface area contributed by atoms with Crippen LogP contribution in [0.3, 0.4) is 0 Å². The molecular weight excluding hydrogens is 348 g/mol. The summed E-state index contributed by atoms with van der Waals surface area (Å²) in [6.07, 6.45) is 0.583. The number of hydrogen-bond donors (Lipinski definition) is 1. The Bertz CT molecular complexity index is 759. The van der Waals surface area contributed by atoms with E-state index in [9.17, 15) is 4.79 Å². The predicted molar refractivity (Wildman–Crippen MR) is 113 cm³/mol. The Morgan fingerprint density at radius 2 is 1.54 bits per heavy atom. The van der Waals surface area contributed by atoms with Crippen LogP contribution in [-0.4, -0.2) is 67.6 Å². The Hall–Kier alpha value is -2.37. The second-order valence-corrected chi connectivity index (χ2v) is 7.89. The van der Waals surface area contributed by atoms with Crippen molar-refractivity contribution in [2.75, 3.05) is 50.7 Å². The van der Waals surface area contributed by atoms with Gasteiger partial charge in [-0.15, -0.1) is 0 Å². The van der Waals surface area contributed by atoms with Crippen molar-refractivity contribution in [1.82, 2.24) is 9.80 Å². The third-order valence-corrected chi connectivity index (χ3v) is 6.08. The fourth-order valence-corrected chi connectivity index (χ4v) is 4.37. The van der Waals surface area contributed by atoms with Gasteiger partial charge in [0, 0.05) is 69.9 Å². The van der Waals surface area contributed by atoms with E-state index in [1.165, 1.54) is 11.3 Å². The molecule has 2 aromatic carbocycles. The molecule has 0 bridgehead atoms. The normalized spacial score (nSPS) is 23.2. The van der Waals surface area contributed by atoms with Crippen LogP contribution in [0, 0.1) is 0 Å². The number of nitrogens with two attached hydrogens (primary N) is 1. The van der Waals surface area contributed by atoms with Crippen LogP contribution < -0.4 is 10.6 Å². The van der Waals surface area contributed by atoms with Crippen molar-refractivity contribution >= 4 is 11.6 Å². The minimum atomic E-state index is 0.0285. The number of carbonyl (C=O) groups excluding carboxylic acids is 1. The van der Waals surface area contributed by atoms with E-state index in [0.717, 1.165) is 39.3 Å². The van der Waals surface area contributed by atoms with Crippen LogP contribution in [0.15, 0.2) is 60.7 Å². The van der Waals surface area contributed by atoms with Crippen LogP contribution in [0.2, 0.25) is 0 Å². The molecule has 2 aliphatic rings. The summed E-state index contributed by atoms with van der Waals surface area (Å²) < 4.78 is 0. The highest BCUT2D eigenvalue weighted by Gasteiger charge is 2.33. The number of carbonyl (C=O) groups is 1. The van der Waals surface area contributed by atoms with Crippen molar-refractivity contribution in [1.29, 1.82) is 0 Å². The molecule has 0 spiro atoms. The van der Waals surface area contributed by atoms with Gasteiger partial charge in [-0.3, -0.25) is 9.69 Å². The van der Waals surface area contributed by atoms with Gasteiger partial charge in [-0.25, -0.2) is 0 Å². The summed E-state index contributed by atoms with van der Waals surface area (Å²) in [5.41, 5.74) is 8.87. The van der Waals surface area contributed by atoms with E-state index in [1.807, 2.05) is 23.1 Å². The van der Waals surface area contributed by atoms with Crippen molar-refractivity contribution in [3.05, 3.63) is 66.2 Å². The standard InChI is InChI=1S/C23H30N4O/c24-22-18-27(17-21(22)19-7-3-1-4-8-19)23(28)11-12-25-13-15-26(16-14-25)20-9-5-2-6-10-20/h1-10,21-22H,11-18,24H2/t21-,22+/m0/s1. The molecule has 2 aliphatic heterocycles. The van der Waals surface area contributed by atoms with Gasteiger partial charge in [-0.05, 0) is 17.7 Å². The Kier molecular flexibility index (Phi) is 5.93. The van der Waals surface area contributed by atoms with Gasteiger partial charge >= 0.3 is 0 Å². The van der Waals surface area contributed by atoms with Crippen molar-refractivity contribution < 1.29 is 4.79 Å². The molecule has 1 amide bonds. The van der Waals surface area contributed by atoms with Gasteiger partial charge in [0.1, 0.15) is 0 Å². The summed E-state index contributed by atoms with van der Waals surface area (Å²) in [5, 5.41) is 0. The number of nitrogens with zero attached hydrogens (tertiary/aromatic N) is 3. The minimum Gasteiger partial charge on any atom is -0.369 e. The quantitative estimate of drug-likeness (QED) is 0.866. The first-order valence-electron chi connectivity index (χ1n) is 10.3. The molecule has 0 aromatic heterocycles. The molecule has 2 saturated heterocycles. The summed E-state index contributed by atoms with van der Waals surface area (Å²) >= 11 is 0. The zero-order valence-electron chi connectivity index (χ0n) is 16.4. The Morgan fingerprint density at radius 1 is 0.893 bits per heavy atom. The maximum Gasteiger partial charge on any atom is 0.223 e. The highest BCUT2D eigenvalue weighted by Crippen LogP contribution is 2.26. The summed E-state index contributed by atoms with van der Waals surface area (Å²) in [5.74, 6) is 0.485. The smallest absolute Gasteiger partial charge is 0.223 e. The lowest BCUT2D eigenvalue weighted by molar-refractivity contribution is -0.130. The fourth-order valence-electron chi connectivity index (χ4n) is 4.37. The molecular formula is C23H30N4O. The van der Waals surface area contributed by atoms with Gasteiger partial charge in [0.05, 0.1) is 0 Å². The molecule has 0 radical (unpaired) electrons. The third kappa shape index (κ3) is 4.37. The highest BCUT2D eigenvalue weighted by atomic mass is 16.2. The fraction of sp³-hybridized carbons (Fsp3) is 0.435. The van der Waals surface area contributed by atoms with Crippen LogP contribution in [-0.2, 0) is 4.79 Å². The largest absolute Gasteiger partial charge is 0.369 e. The van der Waals surface area contributed by atoms with Crippen LogP contribution >= 0.6 is 0 Å². The van der Waals surface area contributed by atoms with E-state index < -0.39 is 0 Å².